The molecule has 1 aliphatic rings. The number of halogens is 1. The Morgan fingerprint density at radius 3 is 2.57 bits per heavy atom. The fourth-order valence-corrected chi connectivity index (χ4v) is 2.64. The molecule has 1 aromatic rings. The number of hydrogen-bond acceptors (Lipinski definition) is 6. The van der Waals surface area contributed by atoms with E-state index in [2.05, 4.69) is 15.9 Å². The number of benzene rings is 1. The number of aliphatic carboxylic acids is 1. The summed E-state index contributed by atoms with van der Waals surface area (Å²) in [6.45, 7) is 1.34. The van der Waals surface area contributed by atoms with Crippen LogP contribution in [0.15, 0.2) is 30.3 Å². The van der Waals surface area contributed by atoms with Crippen molar-refractivity contribution in [3.63, 3.8) is 0 Å². The molecule has 0 spiro atoms. The van der Waals surface area contributed by atoms with Crippen LogP contribution in [0, 0.1) is 0 Å². The maximum Gasteiger partial charge on any atom is 0.335 e. The number of carboxylic acids is 1. The van der Waals surface area contributed by atoms with E-state index < -0.39 is 41.2 Å². The summed E-state index contributed by atoms with van der Waals surface area (Å²) in [5.74, 6) is -1.90. The first-order valence-electron chi connectivity index (χ1n) is 6.95. The SMILES string of the molecule is CC(OC(=O)[C@@H](Br)[C@@H](O)c1ccccc1)[C@H]1OCO[C@H]1C(=O)O. The molecule has 8 heteroatoms. The number of ether oxygens (including phenoxy) is 3. The van der Waals surface area contributed by atoms with Gasteiger partial charge in [-0.15, -0.1) is 0 Å². The number of aliphatic hydroxyl groups excluding tert-OH is 1. The van der Waals surface area contributed by atoms with Crippen LogP contribution in [0.4, 0.5) is 0 Å². The molecule has 2 rings (SSSR count). The number of carbonyl (C=O) groups excluding carboxylic acids is 1. The van der Waals surface area contributed by atoms with Crippen LogP contribution in [0.3, 0.4) is 0 Å². The van der Waals surface area contributed by atoms with Gasteiger partial charge in [-0.25, -0.2) is 4.79 Å². The molecule has 1 fully saturated rings. The van der Waals surface area contributed by atoms with Crippen molar-refractivity contribution in [3.8, 4) is 0 Å². The number of hydrogen-bond donors (Lipinski definition) is 2. The topological polar surface area (TPSA) is 102 Å². The summed E-state index contributed by atoms with van der Waals surface area (Å²) in [5.41, 5.74) is 0.558. The van der Waals surface area contributed by atoms with Gasteiger partial charge in [0.15, 0.2) is 6.10 Å². The smallest absolute Gasteiger partial charge is 0.335 e. The maximum atomic E-state index is 12.1. The van der Waals surface area contributed by atoms with Gasteiger partial charge in [0.25, 0.3) is 0 Å². The van der Waals surface area contributed by atoms with Gasteiger partial charge in [0.05, 0.1) is 0 Å². The van der Waals surface area contributed by atoms with Gasteiger partial charge in [-0.1, -0.05) is 46.3 Å². The number of esters is 1. The lowest BCUT2D eigenvalue weighted by Crippen LogP contribution is -2.42. The third kappa shape index (κ3) is 4.29. The zero-order chi connectivity index (χ0) is 17.0. The summed E-state index contributed by atoms with van der Waals surface area (Å²) in [6, 6.07) is 8.65. The minimum atomic E-state index is -1.19. The van der Waals surface area contributed by atoms with E-state index in [1.807, 2.05) is 0 Å². The largest absolute Gasteiger partial charge is 0.479 e. The Morgan fingerprint density at radius 2 is 1.96 bits per heavy atom. The van der Waals surface area contributed by atoms with Crippen molar-refractivity contribution in [1.82, 2.24) is 0 Å². The molecule has 126 valence electrons. The van der Waals surface area contributed by atoms with Gasteiger partial charge < -0.3 is 24.4 Å². The van der Waals surface area contributed by atoms with Crippen LogP contribution >= 0.6 is 15.9 Å². The molecule has 7 nitrogen and oxygen atoms in total. The van der Waals surface area contributed by atoms with E-state index >= 15 is 0 Å². The molecule has 1 saturated heterocycles. The first kappa shape index (κ1) is 17.9. The maximum absolute atomic E-state index is 12.1. The highest BCUT2D eigenvalue weighted by molar-refractivity contribution is 9.10. The molecule has 0 aliphatic carbocycles. The zero-order valence-corrected chi connectivity index (χ0v) is 13.9. The van der Waals surface area contributed by atoms with Crippen LogP contribution in [-0.2, 0) is 23.8 Å². The monoisotopic (exact) mass is 388 g/mol. The van der Waals surface area contributed by atoms with Crippen molar-refractivity contribution in [2.45, 2.75) is 36.2 Å². The highest BCUT2D eigenvalue weighted by atomic mass is 79.9. The quantitative estimate of drug-likeness (QED) is 0.558. The molecule has 1 unspecified atom stereocenters. The molecular formula is C15H17BrO7. The fourth-order valence-electron chi connectivity index (χ4n) is 2.23. The van der Waals surface area contributed by atoms with E-state index in [4.69, 9.17) is 19.3 Å². The first-order valence-corrected chi connectivity index (χ1v) is 7.87. The number of carboxylic acid groups (broad SMARTS) is 1. The summed E-state index contributed by atoms with van der Waals surface area (Å²) < 4.78 is 15.3. The van der Waals surface area contributed by atoms with Gasteiger partial charge in [-0.05, 0) is 12.5 Å². The second-order valence-corrected chi connectivity index (χ2v) is 6.06. The minimum absolute atomic E-state index is 0.173. The highest BCUT2D eigenvalue weighted by Gasteiger charge is 2.41. The summed E-state index contributed by atoms with van der Waals surface area (Å²) >= 11 is 3.11. The van der Waals surface area contributed by atoms with Gasteiger partial charge in [-0.2, -0.15) is 0 Å². The second-order valence-electron chi connectivity index (χ2n) is 5.07. The number of aliphatic hydroxyl groups is 1. The van der Waals surface area contributed by atoms with Gasteiger partial charge in [-0.3, -0.25) is 4.79 Å². The second kappa shape index (κ2) is 7.87. The van der Waals surface area contributed by atoms with Crippen molar-refractivity contribution in [2.75, 3.05) is 6.79 Å². The van der Waals surface area contributed by atoms with Crippen LogP contribution in [0.25, 0.3) is 0 Å². The first-order chi connectivity index (χ1) is 10.9. The zero-order valence-electron chi connectivity index (χ0n) is 12.3. The standard InChI is InChI=1S/C15H17BrO7/c1-8(12-13(14(18)19)22-7-21-12)23-15(20)10(16)11(17)9-5-3-2-4-6-9/h2-6,8,10-13,17H,7H2,1H3,(H,18,19)/t8?,10-,11-,12+,13+/m0/s1. The molecule has 0 aromatic heterocycles. The lowest BCUT2D eigenvalue weighted by molar-refractivity contribution is -0.160. The molecule has 5 atom stereocenters. The number of carbonyl (C=O) groups is 2. The predicted octanol–water partition coefficient (Wildman–Crippen LogP) is 1.24. The van der Waals surface area contributed by atoms with Crippen molar-refractivity contribution < 1.29 is 34.0 Å². The summed E-state index contributed by atoms with van der Waals surface area (Å²) in [5, 5.41) is 19.2. The predicted molar refractivity (Wildman–Crippen MR) is 81.9 cm³/mol. The Labute approximate surface area is 141 Å². The minimum Gasteiger partial charge on any atom is -0.479 e. The lowest BCUT2D eigenvalue weighted by Gasteiger charge is -2.23. The molecule has 1 heterocycles. The van der Waals surface area contributed by atoms with Crippen molar-refractivity contribution in [2.24, 2.45) is 0 Å². The van der Waals surface area contributed by atoms with Crippen LogP contribution in [-0.4, -0.2) is 52.1 Å². The number of rotatable bonds is 6. The summed E-state index contributed by atoms with van der Waals surface area (Å²) in [7, 11) is 0. The molecular weight excluding hydrogens is 372 g/mol. The van der Waals surface area contributed by atoms with Crippen LogP contribution in [0.1, 0.15) is 18.6 Å². The van der Waals surface area contributed by atoms with Gasteiger partial charge >= 0.3 is 11.9 Å². The fraction of sp³-hybridized carbons (Fsp3) is 0.467. The molecule has 0 saturated carbocycles. The van der Waals surface area contributed by atoms with Gasteiger partial charge in [0.2, 0.25) is 0 Å². The van der Waals surface area contributed by atoms with Crippen molar-refractivity contribution in [1.29, 1.82) is 0 Å². The third-order valence-corrected chi connectivity index (χ3v) is 4.33. The molecule has 2 N–H and O–H groups in total. The van der Waals surface area contributed by atoms with Crippen molar-refractivity contribution >= 4 is 27.9 Å². The molecule has 1 aromatic carbocycles. The molecule has 23 heavy (non-hydrogen) atoms. The van der Waals surface area contributed by atoms with E-state index in [1.165, 1.54) is 6.92 Å². The molecule has 0 radical (unpaired) electrons. The van der Waals surface area contributed by atoms with E-state index in [-0.39, 0.29) is 6.79 Å². The van der Waals surface area contributed by atoms with Gasteiger partial charge in [0.1, 0.15) is 29.9 Å². The highest BCUT2D eigenvalue weighted by Crippen LogP contribution is 2.25. The summed E-state index contributed by atoms with van der Waals surface area (Å²) in [6.07, 6.45) is -4.02. The summed E-state index contributed by atoms with van der Waals surface area (Å²) in [4.78, 5) is 22.2. The van der Waals surface area contributed by atoms with E-state index in [1.54, 1.807) is 30.3 Å². The van der Waals surface area contributed by atoms with E-state index in [0.717, 1.165) is 0 Å². The normalized spacial score (nSPS) is 24.7. The van der Waals surface area contributed by atoms with Gasteiger partial charge in [0, 0.05) is 0 Å². The average Bonchev–Trinajstić information content (AvgIpc) is 3.04. The Morgan fingerprint density at radius 1 is 1.30 bits per heavy atom. The number of alkyl halides is 1. The Bertz CT molecular complexity index is 550. The Kier molecular flexibility index (Phi) is 6.11. The Hall–Kier alpha value is -1.48. The Balaban J connectivity index is 1.96. The third-order valence-electron chi connectivity index (χ3n) is 3.46. The molecule has 0 amide bonds. The molecule has 1 aliphatic heterocycles. The lowest BCUT2D eigenvalue weighted by atomic mass is 10.1. The van der Waals surface area contributed by atoms with Crippen LogP contribution < -0.4 is 0 Å². The van der Waals surface area contributed by atoms with Crippen molar-refractivity contribution in [3.05, 3.63) is 35.9 Å². The van der Waals surface area contributed by atoms with E-state index in [0.29, 0.717) is 5.56 Å². The van der Waals surface area contributed by atoms with Crippen LogP contribution in [0.5, 0.6) is 0 Å². The van der Waals surface area contributed by atoms with Crippen LogP contribution in [0.2, 0.25) is 0 Å². The average molecular weight is 389 g/mol. The molecule has 0 bridgehead atoms. The van der Waals surface area contributed by atoms with E-state index in [9.17, 15) is 14.7 Å².